The van der Waals surface area contributed by atoms with E-state index in [1.165, 1.54) is 7.11 Å². The van der Waals surface area contributed by atoms with Crippen molar-refractivity contribution < 1.29 is 14.3 Å². The largest absolute Gasteiger partial charge is 0.493 e. The highest BCUT2D eigenvalue weighted by Gasteiger charge is 2.11. The van der Waals surface area contributed by atoms with Gasteiger partial charge in [-0.2, -0.15) is 0 Å². The number of carbonyl (C=O) groups is 1. The van der Waals surface area contributed by atoms with Crippen LogP contribution < -0.4 is 15.8 Å². The summed E-state index contributed by atoms with van der Waals surface area (Å²) in [5.41, 5.74) is 6.78. The van der Waals surface area contributed by atoms with Crippen molar-refractivity contribution in [1.82, 2.24) is 5.32 Å². The van der Waals surface area contributed by atoms with E-state index in [9.17, 15) is 4.79 Å². The van der Waals surface area contributed by atoms with Crippen molar-refractivity contribution in [3.63, 3.8) is 0 Å². The average molecular weight is 331 g/mol. The van der Waals surface area contributed by atoms with Crippen molar-refractivity contribution >= 4 is 18.3 Å². The molecule has 6 heteroatoms. The molecule has 1 unspecified atom stereocenters. The van der Waals surface area contributed by atoms with Gasteiger partial charge in [-0.15, -0.1) is 12.4 Å². The highest BCUT2D eigenvalue weighted by molar-refractivity contribution is 5.85. The number of nitrogens with two attached hydrogens (primary N) is 1. The lowest BCUT2D eigenvalue weighted by Gasteiger charge is -2.11. The van der Waals surface area contributed by atoms with Gasteiger partial charge in [0.15, 0.2) is 0 Å². The van der Waals surface area contributed by atoms with Crippen LogP contribution in [0.15, 0.2) is 24.3 Å². The van der Waals surface area contributed by atoms with Crippen molar-refractivity contribution in [2.75, 3.05) is 26.9 Å². The molecule has 0 saturated carbocycles. The summed E-state index contributed by atoms with van der Waals surface area (Å²) in [6, 6.07) is 7.32. The predicted octanol–water partition coefficient (Wildman–Crippen LogP) is 1.78. The molecule has 0 spiro atoms. The van der Waals surface area contributed by atoms with Crippen LogP contribution in [0.25, 0.3) is 0 Å². The molecule has 126 valence electrons. The quantitative estimate of drug-likeness (QED) is 0.724. The van der Waals surface area contributed by atoms with Crippen molar-refractivity contribution in [2.24, 2.45) is 11.7 Å². The number of hydrogen-bond donors (Lipinski definition) is 2. The Balaban J connectivity index is 0.00000441. The second kappa shape index (κ2) is 11.3. The molecule has 0 aliphatic rings. The van der Waals surface area contributed by atoms with Gasteiger partial charge < -0.3 is 20.5 Å². The van der Waals surface area contributed by atoms with Crippen LogP contribution in [0.3, 0.4) is 0 Å². The third kappa shape index (κ3) is 8.22. The molecule has 5 nitrogen and oxygen atoms in total. The molecule has 3 N–H and O–H groups in total. The van der Waals surface area contributed by atoms with E-state index in [2.05, 4.69) is 19.2 Å². The second-order valence-electron chi connectivity index (χ2n) is 5.45. The Bertz CT molecular complexity index is 424. The monoisotopic (exact) mass is 330 g/mol. The minimum absolute atomic E-state index is 0. The third-order valence-electron chi connectivity index (χ3n) is 2.90. The number of carbonyl (C=O) groups excluding carboxylic acids is 1. The Hall–Kier alpha value is -1.30. The fourth-order valence-electron chi connectivity index (χ4n) is 1.73. The number of hydrogen-bond acceptors (Lipinski definition) is 4. The summed E-state index contributed by atoms with van der Waals surface area (Å²) >= 11 is 0. The van der Waals surface area contributed by atoms with E-state index in [0.717, 1.165) is 17.7 Å². The van der Waals surface area contributed by atoms with E-state index in [0.29, 0.717) is 19.1 Å². The molecule has 0 aromatic heterocycles. The normalized spacial score (nSPS) is 11.7. The van der Waals surface area contributed by atoms with E-state index >= 15 is 0 Å². The zero-order valence-electron chi connectivity index (χ0n) is 13.5. The molecular weight excluding hydrogens is 304 g/mol. The molecule has 1 aromatic carbocycles. The molecule has 1 amide bonds. The Morgan fingerprint density at radius 1 is 1.23 bits per heavy atom. The van der Waals surface area contributed by atoms with E-state index < -0.39 is 6.04 Å². The van der Waals surface area contributed by atoms with Gasteiger partial charge >= 0.3 is 0 Å². The summed E-state index contributed by atoms with van der Waals surface area (Å²) < 4.78 is 10.5. The van der Waals surface area contributed by atoms with Crippen molar-refractivity contribution in [3.05, 3.63) is 29.8 Å². The number of rotatable bonds is 9. The van der Waals surface area contributed by atoms with Gasteiger partial charge in [-0.05, 0) is 30.0 Å². The first-order chi connectivity index (χ1) is 10.0. The number of benzene rings is 1. The highest BCUT2D eigenvalue weighted by Crippen LogP contribution is 2.13. The SMILES string of the molecule is COCC(N)C(=O)NCCc1ccc(OCC(C)C)cc1.Cl. The molecule has 1 atom stereocenters. The summed E-state index contributed by atoms with van der Waals surface area (Å²) in [5, 5.41) is 2.80. The van der Waals surface area contributed by atoms with Gasteiger partial charge in [0.25, 0.3) is 0 Å². The van der Waals surface area contributed by atoms with Crippen LogP contribution in [0.4, 0.5) is 0 Å². The van der Waals surface area contributed by atoms with Crippen molar-refractivity contribution in [1.29, 1.82) is 0 Å². The summed E-state index contributed by atoms with van der Waals surface area (Å²) in [6.45, 7) is 5.74. The molecule has 0 heterocycles. The van der Waals surface area contributed by atoms with Gasteiger partial charge in [0.05, 0.1) is 13.2 Å². The first-order valence-corrected chi connectivity index (χ1v) is 7.27. The molecule has 0 bridgehead atoms. The zero-order chi connectivity index (χ0) is 15.7. The fraction of sp³-hybridized carbons (Fsp3) is 0.562. The van der Waals surface area contributed by atoms with Crippen LogP contribution in [-0.2, 0) is 16.0 Å². The third-order valence-corrected chi connectivity index (χ3v) is 2.90. The van der Waals surface area contributed by atoms with Gasteiger partial charge in [-0.25, -0.2) is 0 Å². The predicted molar refractivity (Wildman–Crippen MR) is 90.6 cm³/mol. The van der Waals surface area contributed by atoms with Crippen LogP contribution in [-0.4, -0.2) is 38.8 Å². The van der Waals surface area contributed by atoms with Crippen LogP contribution >= 0.6 is 12.4 Å². The van der Waals surface area contributed by atoms with E-state index in [1.807, 2.05) is 24.3 Å². The summed E-state index contributed by atoms with van der Waals surface area (Å²) in [4.78, 5) is 11.6. The lowest BCUT2D eigenvalue weighted by atomic mass is 10.1. The Kier molecular flexibility index (Phi) is 10.6. The zero-order valence-corrected chi connectivity index (χ0v) is 14.3. The fourth-order valence-corrected chi connectivity index (χ4v) is 1.73. The Morgan fingerprint density at radius 3 is 2.41 bits per heavy atom. The van der Waals surface area contributed by atoms with Gasteiger partial charge in [0.1, 0.15) is 11.8 Å². The van der Waals surface area contributed by atoms with Crippen LogP contribution in [0, 0.1) is 5.92 Å². The Morgan fingerprint density at radius 2 is 1.86 bits per heavy atom. The lowest BCUT2D eigenvalue weighted by molar-refractivity contribution is -0.123. The minimum Gasteiger partial charge on any atom is -0.493 e. The standard InChI is InChI=1S/C16H26N2O3.ClH/c1-12(2)10-21-14-6-4-13(5-7-14)8-9-18-16(19)15(17)11-20-3;/h4-7,12,15H,8-11,17H2,1-3H3,(H,18,19);1H. The molecule has 0 radical (unpaired) electrons. The lowest BCUT2D eigenvalue weighted by Crippen LogP contribution is -2.44. The summed E-state index contributed by atoms with van der Waals surface area (Å²) in [7, 11) is 1.52. The topological polar surface area (TPSA) is 73.6 Å². The maximum absolute atomic E-state index is 11.6. The van der Waals surface area contributed by atoms with Crippen LogP contribution in [0.1, 0.15) is 19.4 Å². The average Bonchev–Trinajstić information content (AvgIpc) is 2.46. The van der Waals surface area contributed by atoms with E-state index in [4.69, 9.17) is 15.2 Å². The van der Waals surface area contributed by atoms with Crippen molar-refractivity contribution in [2.45, 2.75) is 26.3 Å². The number of nitrogens with one attached hydrogen (secondary N) is 1. The summed E-state index contributed by atoms with van der Waals surface area (Å²) in [6.07, 6.45) is 0.760. The number of amides is 1. The van der Waals surface area contributed by atoms with E-state index in [-0.39, 0.29) is 24.9 Å². The summed E-state index contributed by atoms with van der Waals surface area (Å²) in [5.74, 6) is 1.20. The van der Waals surface area contributed by atoms with Gasteiger partial charge in [0.2, 0.25) is 5.91 Å². The van der Waals surface area contributed by atoms with Gasteiger partial charge in [0, 0.05) is 13.7 Å². The first-order valence-electron chi connectivity index (χ1n) is 7.27. The van der Waals surface area contributed by atoms with Crippen LogP contribution in [0.2, 0.25) is 0 Å². The molecule has 0 aliphatic heterocycles. The van der Waals surface area contributed by atoms with Crippen molar-refractivity contribution in [3.8, 4) is 5.75 Å². The maximum atomic E-state index is 11.6. The smallest absolute Gasteiger partial charge is 0.239 e. The van der Waals surface area contributed by atoms with Gasteiger partial charge in [-0.1, -0.05) is 26.0 Å². The highest BCUT2D eigenvalue weighted by atomic mass is 35.5. The molecule has 22 heavy (non-hydrogen) atoms. The molecule has 1 aromatic rings. The van der Waals surface area contributed by atoms with E-state index in [1.54, 1.807) is 0 Å². The Labute approximate surface area is 139 Å². The number of ether oxygens (including phenoxy) is 2. The number of halogens is 1. The number of methoxy groups -OCH3 is 1. The molecule has 0 aliphatic carbocycles. The molecular formula is C16H27ClN2O3. The van der Waals surface area contributed by atoms with Crippen LogP contribution in [0.5, 0.6) is 5.75 Å². The minimum atomic E-state index is -0.609. The maximum Gasteiger partial charge on any atom is 0.239 e. The van der Waals surface area contributed by atoms with Gasteiger partial charge in [-0.3, -0.25) is 4.79 Å². The second-order valence-corrected chi connectivity index (χ2v) is 5.45. The first kappa shape index (κ1) is 20.7. The molecule has 0 saturated heterocycles. The molecule has 0 fully saturated rings. The molecule has 1 rings (SSSR count).